The van der Waals surface area contributed by atoms with E-state index in [-0.39, 0.29) is 6.01 Å². The van der Waals surface area contributed by atoms with Crippen molar-refractivity contribution in [2.24, 2.45) is 0 Å². The Balaban J connectivity index is 2.47. The molecule has 2 aromatic heterocycles. The third-order valence-electron chi connectivity index (χ3n) is 1.74. The molecule has 0 saturated heterocycles. The number of rotatable bonds is 3. The largest absolute Gasteiger partial charge is 0.467 e. The van der Waals surface area contributed by atoms with Gasteiger partial charge in [-0.05, 0) is 0 Å². The number of ether oxygens (including phenoxy) is 1. The van der Waals surface area contributed by atoms with Gasteiger partial charge < -0.3 is 10.1 Å². The molecule has 0 unspecified atom stereocenters. The Bertz CT molecular complexity index is 418. The van der Waals surface area contributed by atoms with Crippen molar-refractivity contribution >= 4 is 5.95 Å². The Morgan fingerprint density at radius 1 is 1.33 bits per heavy atom. The normalized spacial score (nSPS) is 10.0. The fourth-order valence-corrected chi connectivity index (χ4v) is 1.04. The van der Waals surface area contributed by atoms with E-state index in [4.69, 9.17) is 4.74 Å². The molecule has 0 spiro atoms. The molecular weight excluding hydrogens is 196 g/mol. The number of aromatic nitrogens is 5. The van der Waals surface area contributed by atoms with Gasteiger partial charge in [-0.1, -0.05) is 0 Å². The molecule has 0 aliphatic rings. The van der Waals surface area contributed by atoms with Gasteiger partial charge in [0.25, 0.3) is 0 Å². The van der Waals surface area contributed by atoms with E-state index in [9.17, 15) is 0 Å². The zero-order chi connectivity index (χ0) is 10.7. The Morgan fingerprint density at radius 3 is 2.80 bits per heavy atom. The molecular formula is C8H10N6O. The lowest BCUT2D eigenvalue weighted by Gasteiger charge is -2.05. The number of imidazole rings is 1. The van der Waals surface area contributed by atoms with Crippen LogP contribution in [-0.2, 0) is 0 Å². The maximum Gasteiger partial charge on any atom is 0.322 e. The van der Waals surface area contributed by atoms with Crippen LogP contribution in [0, 0.1) is 0 Å². The van der Waals surface area contributed by atoms with Gasteiger partial charge in [-0.3, -0.25) is 4.57 Å². The number of hydrogen-bond donors (Lipinski definition) is 1. The van der Waals surface area contributed by atoms with Crippen LogP contribution >= 0.6 is 0 Å². The van der Waals surface area contributed by atoms with Gasteiger partial charge in [-0.2, -0.15) is 15.0 Å². The standard InChI is InChI=1S/C8H10N6O/c1-9-6-11-7(13-8(12-6)15-2)14-4-3-10-5-14/h3-5H,1-2H3,(H,9,11,12,13). The highest BCUT2D eigenvalue weighted by Gasteiger charge is 2.06. The summed E-state index contributed by atoms with van der Waals surface area (Å²) in [5.74, 6) is 0.911. The SMILES string of the molecule is CNc1nc(OC)nc(-n2ccnc2)n1. The lowest BCUT2D eigenvalue weighted by molar-refractivity contribution is 0.378. The predicted octanol–water partition coefficient (Wildman–Crippen LogP) is 0.108. The second-order valence-corrected chi connectivity index (χ2v) is 2.67. The summed E-state index contributed by atoms with van der Waals surface area (Å²) in [6.45, 7) is 0. The molecule has 0 aromatic carbocycles. The third kappa shape index (κ3) is 1.85. The summed E-state index contributed by atoms with van der Waals surface area (Å²) in [6.07, 6.45) is 5.00. The van der Waals surface area contributed by atoms with Crippen LogP contribution in [0.5, 0.6) is 6.01 Å². The van der Waals surface area contributed by atoms with Crippen molar-refractivity contribution in [2.75, 3.05) is 19.5 Å². The third-order valence-corrected chi connectivity index (χ3v) is 1.74. The molecule has 78 valence electrons. The minimum Gasteiger partial charge on any atom is -0.467 e. The Hall–Kier alpha value is -2.18. The van der Waals surface area contributed by atoms with Gasteiger partial charge in [0, 0.05) is 19.4 Å². The molecule has 0 aliphatic carbocycles. The summed E-state index contributed by atoms with van der Waals surface area (Å²) >= 11 is 0. The van der Waals surface area contributed by atoms with Crippen molar-refractivity contribution in [2.45, 2.75) is 0 Å². The summed E-state index contributed by atoms with van der Waals surface area (Å²) in [6, 6.07) is 0.262. The van der Waals surface area contributed by atoms with Crippen LogP contribution in [0.25, 0.3) is 5.95 Å². The Labute approximate surface area is 86.2 Å². The predicted molar refractivity (Wildman–Crippen MR) is 53.0 cm³/mol. The monoisotopic (exact) mass is 206 g/mol. The van der Waals surface area contributed by atoms with Crippen LogP contribution in [0.3, 0.4) is 0 Å². The second kappa shape index (κ2) is 3.91. The molecule has 0 bridgehead atoms. The minimum absolute atomic E-state index is 0.262. The van der Waals surface area contributed by atoms with Gasteiger partial charge in [0.05, 0.1) is 7.11 Å². The molecule has 0 atom stereocenters. The molecule has 0 saturated carbocycles. The van der Waals surface area contributed by atoms with E-state index in [1.54, 1.807) is 30.3 Å². The fourth-order valence-electron chi connectivity index (χ4n) is 1.04. The summed E-state index contributed by atoms with van der Waals surface area (Å²) < 4.78 is 6.63. The Kier molecular flexibility index (Phi) is 2.44. The highest BCUT2D eigenvalue weighted by molar-refractivity contribution is 5.29. The number of nitrogens with zero attached hydrogens (tertiary/aromatic N) is 5. The first-order chi connectivity index (χ1) is 7.33. The molecule has 2 rings (SSSR count). The van der Waals surface area contributed by atoms with Crippen molar-refractivity contribution in [3.05, 3.63) is 18.7 Å². The quantitative estimate of drug-likeness (QED) is 0.767. The van der Waals surface area contributed by atoms with Gasteiger partial charge in [-0.25, -0.2) is 4.98 Å². The highest BCUT2D eigenvalue weighted by atomic mass is 16.5. The maximum atomic E-state index is 4.96. The smallest absolute Gasteiger partial charge is 0.322 e. The fraction of sp³-hybridized carbons (Fsp3) is 0.250. The van der Waals surface area contributed by atoms with Crippen LogP contribution < -0.4 is 10.1 Å². The maximum absolute atomic E-state index is 4.96. The van der Waals surface area contributed by atoms with E-state index >= 15 is 0 Å². The number of methoxy groups -OCH3 is 1. The van der Waals surface area contributed by atoms with Crippen LogP contribution in [0.4, 0.5) is 5.95 Å². The number of hydrogen-bond acceptors (Lipinski definition) is 6. The van der Waals surface area contributed by atoms with E-state index in [0.29, 0.717) is 11.9 Å². The summed E-state index contributed by atoms with van der Waals surface area (Å²) in [5.41, 5.74) is 0. The zero-order valence-corrected chi connectivity index (χ0v) is 8.38. The lowest BCUT2D eigenvalue weighted by atomic mass is 10.8. The first-order valence-electron chi connectivity index (χ1n) is 4.29. The molecule has 2 heterocycles. The molecule has 0 amide bonds. The van der Waals surface area contributed by atoms with Crippen LogP contribution in [-0.4, -0.2) is 38.7 Å². The molecule has 0 radical (unpaired) electrons. The summed E-state index contributed by atoms with van der Waals surface area (Å²) in [4.78, 5) is 16.1. The van der Waals surface area contributed by atoms with Crippen molar-refractivity contribution in [3.63, 3.8) is 0 Å². The highest BCUT2D eigenvalue weighted by Crippen LogP contribution is 2.09. The van der Waals surface area contributed by atoms with Gasteiger partial charge in [0.1, 0.15) is 6.33 Å². The van der Waals surface area contributed by atoms with E-state index < -0.39 is 0 Å². The Morgan fingerprint density at radius 2 is 2.20 bits per heavy atom. The zero-order valence-electron chi connectivity index (χ0n) is 8.38. The van der Waals surface area contributed by atoms with Crippen molar-refractivity contribution in [3.8, 4) is 12.0 Å². The van der Waals surface area contributed by atoms with Crippen LogP contribution in [0.2, 0.25) is 0 Å². The topological polar surface area (TPSA) is 77.8 Å². The number of nitrogens with one attached hydrogen (secondary N) is 1. The van der Waals surface area contributed by atoms with Gasteiger partial charge >= 0.3 is 6.01 Å². The molecule has 2 aromatic rings. The van der Waals surface area contributed by atoms with Crippen molar-refractivity contribution < 1.29 is 4.74 Å². The first-order valence-corrected chi connectivity index (χ1v) is 4.29. The molecule has 0 fully saturated rings. The van der Waals surface area contributed by atoms with E-state index in [1.165, 1.54) is 7.11 Å². The summed E-state index contributed by atoms with van der Waals surface area (Å²) in [7, 11) is 3.24. The lowest BCUT2D eigenvalue weighted by Crippen LogP contribution is -2.06. The average molecular weight is 206 g/mol. The molecule has 15 heavy (non-hydrogen) atoms. The molecule has 7 nitrogen and oxygen atoms in total. The van der Waals surface area contributed by atoms with E-state index in [1.807, 2.05) is 0 Å². The molecule has 0 aliphatic heterocycles. The van der Waals surface area contributed by atoms with Crippen LogP contribution in [0.1, 0.15) is 0 Å². The van der Waals surface area contributed by atoms with E-state index in [2.05, 4.69) is 25.3 Å². The number of anilines is 1. The summed E-state index contributed by atoms with van der Waals surface area (Å²) in [5, 5.41) is 2.83. The van der Waals surface area contributed by atoms with Crippen molar-refractivity contribution in [1.29, 1.82) is 0 Å². The average Bonchev–Trinajstić information content (AvgIpc) is 2.81. The minimum atomic E-state index is 0.262. The molecule has 1 N–H and O–H groups in total. The van der Waals surface area contributed by atoms with Crippen LogP contribution in [0.15, 0.2) is 18.7 Å². The van der Waals surface area contributed by atoms with Gasteiger partial charge in [-0.15, -0.1) is 0 Å². The van der Waals surface area contributed by atoms with Gasteiger partial charge in [0.2, 0.25) is 11.9 Å². The molecule has 7 heteroatoms. The van der Waals surface area contributed by atoms with Crippen molar-refractivity contribution in [1.82, 2.24) is 24.5 Å². The van der Waals surface area contributed by atoms with Gasteiger partial charge in [0.15, 0.2) is 0 Å². The second-order valence-electron chi connectivity index (χ2n) is 2.67. The van der Waals surface area contributed by atoms with E-state index in [0.717, 1.165) is 0 Å². The first kappa shape index (κ1) is 9.38.